The van der Waals surface area contributed by atoms with Crippen LogP contribution in [-0.2, 0) is 9.53 Å². The molecule has 2 aliphatic heterocycles. The van der Waals surface area contributed by atoms with E-state index in [1.807, 2.05) is 0 Å². The van der Waals surface area contributed by atoms with Crippen molar-refractivity contribution in [1.82, 2.24) is 15.1 Å². The van der Waals surface area contributed by atoms with Gasteiger partial charge in [0.2, 0.25) is 0 Å². The zero-order chi connectivity index (χ0) is 16.1. The fraction of sp³-hybridized carbons (Fsp3) is 0.875. The molecule has 0 aliphatic carbocycles. The Bertz CT molecular complexity index is 419. The molecule has 2 fully saturated rings. The highest BCUT2D eigenvalue weighted by Gasteiger charge is 2.37. The average Bonchev–Trinajstić information content (AvgIpc) is 3.09. The van der Waals surface area contributed by atoms with Gasteiger partial charge in [-0.1, -0.05) is 6.92 Å². The van der Waals surface area contributed by atoms with Crippen LogP contribution in [0.2, 0.25) is 0 Å². The third-order valence-electron chi connectivity index (χ3n) is 4.87. The number of rotatable bonds is 4. The first kappa shape index (κ1) is 20.5. The molecule has 3 atom stereocenters. The van der Waals surface area contributed by atoms with Gasteiger partial charge in [-0.3, -0.25) is 9.79 Å². The van der Waals surface area contributed by atoms with Crippen LogP contribution in [0.25, 0.3) is 0 Å². The maximum atomic E-state index is 11.8. The van der Waals surface area contributed by atoms with Gasteiger partial charge in [0.1, 0.15) is 0 Å². The summed E-state index contributed by atoms with van der Waals surface area (Å²) in [6, 6.07) is 0.546. The van der Waals surface area contributed by atoms with Crippen molar-refractivity contribution >= 4 is 35.9 Å². The molecular formula is C16H31IN4O2. The molecule has 0 saturated carbocycles. The molecule has 134 valence electrons. The van der Waals surface area contributed by atoms with Gasteiger partial charge < -0.3 is 19.9 Å². The van der Waals surface area contributed by atoms with Crippen molar-refractivity contribution < 1.29 is 9.53 Å². The maximum absolute atomic E-state index is 11.8. The number of esters is 1. The molecule has 3 unspecified atom stereocenters. The number of likely N-dealkylation sites (N-methyl/N-ethyl adjacent to an activating group) is 1. The van der Waals surface area contributed by atoms with Crippen molar-refractivity contribution in [2.24, 2.45) is 16.8 Å². The SMILES string of the molecule is CCNC(=NCC1CCCN1C)N1CC(C)C(C(=O)OC)C1.I. The second-order valence-corrected chi connectivity index (χ2v) is 6.48. The largest absolute Gasteiger partial charge is 0.469 e. The number of nitrogens with one attached hydrogen (secondary N) is 1. The lowest BCUT2D eigenvalue weighted by atomic mass is 9.99. The summed E-state index contributed by atoms with van der Waals surface area (Å²) in [5.74, 6) is 1.07. The van der Waals surface area contributed by atoms with Gasteiger partial charge in [-0.05, 0) is 39.3 Å². The molecule has 23 heavy (non-hydrogen) atoms. The Hall–Kier alpha value is -0.570. The van der Waals surface area contributed by atoms with Crippen LogP contribution in [0.3, 0.4) is 0 Å². The highest BCUT2D eigenvalue weighted by atomic mass is 127. The van der Waals surface area contributed by atoms with Crippen LogP contribution < -0.4 is 5.32 Å². The fourth-order valence-electron chi connectivity index (χ4n) is 3.43. The van der Waals surface area contributed by atoms with E-state index in [1.165, 1.54) is 26.5 Å². The Kier molecular flexibility index (Phi) is 8.60. The van der Waals surface area contributed by atoms with Gasteiger partial charge in [-0.2, -0.15) is 0 Å². The second-order valence-electron chi connectivity index (χ2n) is 6.48. The van der Waals surface area contributed by atoms with Crippen LogP contribution in [0, 0.1) is 11.8 Å². The molecule has 0 spiro atoms. The minimum atomic E-state index is -0.110. The molecular weight excluding hydrogens is 407 g/mol. The molecule has 1 N–H and O–H groups in total. The van der Waals surface area contributed by atoms with Gasteiger partial charge in [0.05, 0.1) is 19.6 Å². The standard InChI is InChI=1S/C16H30N4O2.HI/c1-5-17-16(18-9-13-7-6-8-19(13)3)20-10-12(2)14(11-20)15(21)22-4;/h12-14H,5-11H2,1-4H3,(H,17,18);1H. The second kappa shape index (κ2) is 9.66. The van der Waals surface area contributed by atoms with Crippen LogP contribution in [0.1, 0.15) is 26.7 Å². The number of hydrogen-bond acceptors (Lipinski definition) is 4. The normalized spacial score (nSPS) is 28.6. The van der Waals surface area contributed by atoms with Gasteiger partial charge in [-0.15, -0.1) is 24.0 Å². The van der Waals surface area contributed by atoms with E-state index >= 15 is 0 Å². The van der Waals surface area contributed by atoms with Crippen molar-refractivity contribution in [2.75, 3.05) is 46.9 Å². The van der Waals surface area contributed by atoms with E-state index in [2.05, 4.69) is 36.0 Å². The van der Waals surface area contributed by atoms with E-state index in [9.17, 15) is 4.79 Å². The summed E-state index contributed by atoms with van der Waals surface area (Å²) < 4.78 is 4.92. The lowest BCUT2D eigenvalue weighted by molar-refractivity contribution is -0.145. The van der Waals surface area contributed by atoms with Gasteiger partial charge in [0, 0.05) is 25.7 Å². The number of ether oxygens (including phenoxy) is 1. The van der Waals surface area contributed by atoms with E-state index in [1.54, 1.807) is 0 Å². The zero-order valence-corrected chi connectivity index (χ0v) is 17.1. The van der Waals surface area contributed by atoms with Gasteiger partial charge in [-0.25, -0.2) is 0 Å². The fourth-order valence-corrected chi connectivity index (χ4v) is 3.43. The highest BCUT2D eigenvalue weighted by molar-refractivity contribution is 14.0. The van der Waals surface area contributed by atoms with Crippen LogP contribution in [0.15, 0.2) is 4.99 Å². The van der Waals surface area contributed by atoms with Crippen molar-refractivity contribution in [2.45, 2.75) is 32.7 Å². The number of likely N-dealkylation sites (tertiary alicyclic amines) is 2. The van der Waals surface area contributed by atoms with Gasteiger partial charge in [0.15, 0.2) is 5.96 Å². The van der Waals surface area contributed by atoms with Crippen LogP contribution in [0.4, 0.5) is 0 Å². The first-order chi connectivity index (χ1) is 10.6. The summed E-state index contributed by atoms with van der Waals surface area (Å²) >= 11 is 0. The lowest BCUT2D eigenvalue weighted by Gasteiger charge is -2.23. The number of guanidine groups is 1. The number of aliphatic imine (C=N–C) groups is 1. The van der Waals surface area contributed by atoms with Gasteiger partial charge in [0.25, 0.3) is 0 Å². The summed E-state index contributed by atoms with van der Waals surface area (Å²) in [5.41, 5.74) is 0. The molecule has 2 aliphatic rings. The summed E-state index contributed by atoms with van der Waals surface area (Å²) in [4.78, 5) is 21.2. The van der Waals surface area contributed by atoms with E-state index in [4.69, 9.17) is 9.73 Å². The molecule has 0 aromatic carbocycles. The molecule has 0 radical (unpaired) electrons. The molecule has 2 rings (SSSR count). The molecule has 2 heterocycles. The molecule has 2 saturated heterocycles. The summed E-state index contributed by atoms with van der Waals surface area (Å²) in [5, 5.41) is 3.37. The van der Waals surface area contributed by atoms with Crippen molar-refractivity contribution in [3.63, 3.8) is 0 Å². The average molecular weight is 438 g/mol. The number of hydrogen-bond donors (Lipinski definition) is 1. The maximum Gasteiger partial charge on any atom is 0.310 e. The summed E-state index contributed by atoms with van der Waals surface area (Å²) in [6.07, 6.45) is 2.49. The number of carbonyl (C=O) groups is 1. The van der Waals surface area contributed by atoms with Crippen molar-refractivity contribution in [3.05, 3.63) is 0 Å². The quantitative estimate of drug-likeness (QED) is 0.311. The molecule has 7 heteroatoms. The third-order valence-corrected chi connectivity index (χ3v) is 4.87. The summed E-state index contributed by atoms with van der Waals surface area (Å²) in [7, 11) is 3.64. The monoisotopic (exact) mass is 438 g/mol. The highest BCUT2D eigenvalue weighted by Crippen LogP contribution is 2.24. The predicted octanol–water partition coefficient (Wildman–Crippen LogP) is 1.40. The van der Waals surface area contributed by atoms with Crippen LogP contribution >= 0.6 is 24.0 Å². The van der Waals surface area contributed by atoms with E-state index < -0.39 is 0 Å². The Morgan fingerprint density at radius 1 is 1.39 bits per heavy atom. The number of carbonyl (C=O) groups excluding carboxylic acids is 1. The molecule has 0 aromatic rings. The number of halogens is 1. The first-order valence-corrected chi connectivity index (χ1v) is 8.38. The first-order valence-electron chi connectivity index (χ1n) is 8.38. The molecule has 0 amide bonds. The number of nitrogens with zero attached hydrogens (tertiary/aromatic N) is 3. The molecule has 0 bridgehead atoms. The van der Waals surface area contributed by atoms with E-state index in [-0.39, 0.29) is 35.9 Å². The Labute approximate surface area is 157 Å². The van der Waals surface area contributed by atoms with Crippen LogP contribution in [-0.4, -0.2) is 74.7 Å². The molecule has 6 nitrogen and oxygen atoms in total. The Morgan fingerprint density at radius 2 is 2.13 bits per heavy atom. The minimum Gasteiger partial charge on any atom is -0.469 e. The minimum absolute atomic E-state index is 0. The van der Waals surface area contributed by atoms with E-state index in [0.717, 1.165) is 25.6 Å². The topological polar surface area (TPSA) is 57.2 Å². The Balaban J connectivity index is 0.00000264. The third kappa shape index (κ3) is 5.20. The lowest BCUT2D eigenvalue weighted by Crippen LogP contribution is -2.41. The predicted molar refractivity (Wildman–Crippen MR) is 103 cm³/mol. The Morgan fingerprint density at radius 3 is 2.70 bits per heavy atom. The van der Waals surface area contributed by atoms with Crippen molar-refractivity contribution in [1.29, 1.82) is 0 Å². The van der Waals surface area contributed by atoms with Crippen molar-refractivity contribution in [3.8, 4) is 0 Å². The van der Waals surface area contributed by atoms with Gasteiger partial charge >= 0.3 is 5.97 Å². The van der Waals surface area contributed by atoms with Crippen LogP contribution in [0.5, 0.6) is 0 Å². The smallest absolute Gasteiger partial charge is 0.310 e. The summed E-state index contributed by atoms with van der Waals surface area (Å²) in [6.45, 7) is 8.57. The molecule has 0 aromatic heterocycles. The number of methoxy groups -OCH3 is 1. The zero-order valence-electron chi connectivity index (χ0n) is 14.7. The van der Waals surface area contributed by atoms with E-state index in [0.29, 0.717) is 18.5 Å².